The fourth-order valence-electron chi connectivity index (χ4n) is 2.02. The summed E-state index contributed by atoms with van der Waals surface area (Å²) in [6, 6.07) is 0. The van der Waals surface area contributed by atoms with Crippen molar-refractivity contribution >= 4 is 23.4 Å². The molecule has 0 spiro atoms. The van der Waals surface area contributed by atoms with Crippen LogP contribution in [-0.4, -0.2) is 18.7 Å². The molecule has 2 rings (SSSR count). The first-order valence-electron chi connectivity index (χ1n) is 5.73. The first kappa shape index (κ1) is 12.8. The van der Waals surface area contributed by atoms with Crippen LogP contribution in [0.5, 0.6) is 0 Å². The van der Waals surface area contributed by atoms with Gasteiger partial charge in [0.15, 0.2) is 10.3 Å². The summed E-state index contributed by atoms with van der Waals surface area (Å²) in [5.74, 6) is 0.359. The van der Waals surface area contributed by atoms with Crippen LogP contribution >= 0.6 is 12.2 Å². The number of rotatable bonds is 2. The van der Waals surface area contributed by atoms with Gasteiger partial charge in [0.05, 0.1) is 0 Å². The third kappa shape index (κ3) is 1.74. The molecule has 0 saturated heterocycles. The molecule has 0 bridgehead atoms. The maximum absolute atomic E-state index is 12.2. The Morgan fingerprint density at radius 3 is 2.39 bits per heavy atom. The van der Waals surface area contributed by atoms with E-state index in [9.17, 15) is 9.59 Å². The van der Waals surface area contributed by atoms with Crippen molar-refractivity contribution in [1.29, 1.82) is 0 Å². The van der Waals surface area contributed by atoms with Crippen LogP contribution in [0.1, 0.15) is 13.8 Å². The van der Waals surface area contributed by atoms with Gasteiger partial charge in [0.1, 0.15) is 5.65 Å². The van der Waals surface area contributed by atoms with Crippen LogP contribution in [-0.2, 0) is 20.6 Å². The first-order chi connectivity index (χ1) is 8.34. The summed E-state index contributed by atoms with van der Waals surface area (Å²) >= 11 is 5.22. The smallest absolute Gasteiger partial charge is 0.316 e. The molecule has 2 heterocycles. The lowest BCUT2D eigenvalue weighted by molar-refractivity contribution is 0.526. The van der Waals surface area contributed by atoms with E-state index < -0.39 is 0 Å². The molecule has 0 unspecified atom stereocenters. The third-order valence-electron chi connectivity index (χ3n) is 2.93. The molecule has 0 amide bonds. The van der Waals surface area contributed by atoms with Crippen LogP contribution in [0.3, 0.4) is 0 Å². The summed E-state index contributed by atoms with van der Waals surface area (Å²) in [4.78, 5) is 26.9. The van der Waals surface area contributed by atoms with E-state index in [0.29, 0.717) is 28.4 Å². The average molecular weight is 268 g/mol. The summed E-state index contributed by atoms with van der Waals surface area (Å²) in [5, 5.41) is 0. The molecule has 2 aromatic rings. The van der Waals surface area contributed by atoms with Gasteiger partial charge in [-0.25, -0.2) is 4.79 Å². The van der Waals surface area contributed by atoms with Crippen LogP contribution in [0, 0.1) is 10.7 Å². The summed E-state index contributed by atoms with van der Waals surface area (Å²) in [6.07, 6.45) is 0. The van der Waals surface area contributed by atoms with Crippen molar-refractivity contribution in [1.82, 2.24) is 18.7 Å². The molecule has 0 saturated carbocycles. The molecule has 1 N–H and O–H groups in total. The topological polar surface area (TPSA) is 64.7 Å². The monoisotopic (exact) mass is 268 g/mol. The van der Waals surface area contributed by atoms with E-state index in [1.54, 1.807) is 11.6 Å². The highest BCUT2D eigenvalue weighted by Gasteiger charge is 2.15. The molecule has 0 aliphatic carbocycles. The minimum Gasteiger partial charge on any atom is -0.316 e. The van der Waals surface area contributed by atoms with Crippen LogP contribution in [0.25, 0.3) is 11.2 Å². The molecule has 2 aromatic heterocycles. The molecular weight excluding hydrogens is 252 g/mol. The Bertz CT molecular complexity index is 775. The summed E-state index contributed by atoms with van der Waals surface area (Å²) in [6.45, 7) is 4.74. The normalized spacial score (nSPS) is 11.6. The zero-order valence-electron chi connectivity index (χ0n) is 10.9. The Kier molecular flexibility index (Phi) is 3.02. The Morgan fingerprint density at radius 2 is 1.83 bits per heavy atom. The van der Waals surface area contributed by atoms with Gasteiger partial charge in [-0.3, -0.25) is 13.9 Å². The van der Waals surface area contributed by atoms with E-state index in [1.165, 1.54) is 11.6 Å². The number of aromatic nitrogens is 4. The highest BCUT2D eigenvalue weighted by atomic mass is 32.1. The Hall–Kier alpha value is -1.63. The number of nitrogens with zero attached hydrogens (tertiary/aromatic N) is 3. The quantitative estimate of drug-likeness (QED) is 0.818. The van der Waals surface area contributed by atoms with Crippen LogP contribution in [0.4, 0.5) is 0 Å². The van der Waals surface area contributed by atoms with E-state index in [0.717, 1.165) is 4.57 Å². The lowest BCUT2D eigenvalue weighted by atomic mass is 10.2. The second kappa shape index (κ2) is 4.24. The lowest BCUT2D eigenvalue weighted by Crippen LogP contribution is -2.37. The van der Waals surface area contributed by atoms with Crippen molar-refractivity contribution < 1.29 is 0 Å². The molecule has 18 heavy (non-hydrogen) atoms. The van der Waals surface area contributed by atoms with Gasteiger partial charge in [-0.15, -0.1) is 0 Å². The second-order valence-corrected chi connectivity index (χ2v) is 5.22. The van der Waals surface area contributed by atoms with E-state index in [-0.39, 0.29) is 11.2 Å². The van der Waals surface area contributed by atoms with E-state index in [2.05, 4.69) is 4.98 Å². The fraction of sp³-hybridized carbons (Fsp3) is 0.545. The van der Waals surface area contributed by atoms with Gasteiger partial charge in [-0.2, -0.15) is 0 Å². The highest BCUT2D eigenvalue weighted by molar-refractivity contribution is 7.71. The Balaban J connectivity index is 3.00. The molecule has 7 heteroatoms. The molecule has 6 nitrogen and oxygen atoms in total. The minimum absolute atomic E-state index is 0.318. The summed E-state index contributed by atoms with van der Waals surface area (Å²) < 4.78 is 4.74. The maximum Gasteiger partial charge on any atom is 0.332 e. The fourth-order valence-corrected chi connectivity index (χ4v) is 2.29. The Labute approximate surface area is 108 Å². The molecule has 0 atom stereocenters. The number of hydrogen-bond acceptors (Lipinski definition) is 3. The number of aryl methyl sites for hydroxylation is 1. The maximum atomic E-state index is 12.2. The highest BCUT2D eigenvalue weighted by Crippen LogP contribution is 2.10. The zero-order valence-corrected chi connectivity index (χ0v) is 11.7. The van der Waals surface area contributed by atoms with Crippen molar-refractivity contribution in [3.8, 4) is 0 Å². The number of nitrogens with one attached hydrogen (secondary N) is 1. The molecular formula is C11H16N4O2S. The molecule has 98 valence electrons. The Morgan fingerprint density at radius 1 is 1.22 bits per heavy atom. The van der Waals surface area contributed by atoms with Crippen molar-refractivity contribution in [2.24, 2.45) is 20.0 Å². The molecule has 0 radical (unpaired) electrons. The number of hydrogen-bond donors (Lipinski definition) is 1. The van der Waals surface area contributed by atoms with Crippen molar-refractivity contribution in [3.63, 3.8) is 0 Å². The lowest BCUT2D eigenvalue weighted by Gasteiger charge is -2.08. The predicted octanol–water partition coefficient (Wildman–Crippen LogP) is 0.752. The van der Waals surface area contributed by atoms with Crippen LogP contribution in [0.15, 0.2) is 9.59 Å². The van der Waals surface area contributed by atoms with Gasteiger partial charge in [-0.1, -0.05) is 13.8 Å². The minimum atomic E-state index is -0.361. The van der Waals surface area contributed by atoms with Crippen molar-refractivity contribution in [3.05, 3.63) is 25.6 Å². The predicted molar refractivity (Wildman–Crippen MR) is 72.4 cm³/mol. The number of aromatic amines is 1. The van der Waals surface area contributed by atoms with Crippen LogP contribution in [0.2, 0.25) is 0 Å². The van der Waals surface area contributed by atoms with Gasteiger partial charge >= 0.3 is 5.69 Å². The molecule has 0 fully saturated rings. The molecule has 0 aromatic carbocycles. The van der Waals surface area contributed by atoms with E-state index >= 15 is 0 Å². The number of imidazole rings is 1. The number of H-pyrrole nitrogens is 1. The zero-order chi connectivity index (χ0) is 13.6. The average Bonchev–Trinajstić information content (AvgIpc) is 2.61. The van der Waals surface area contributed by atoms with E-state index in [4.69, 9.17) is 12.2 Å². The van der Waals surface area contributed by atoms with Crippen LogP contribution < -0.4 is 11.2 Å². The number of fused-ring (bicyclic) bond motifs is 1. The van der Waals surface area contributed by atoms with Gasteiger partial charge in [-0.05, 0) is 18.1 Å². The van der Waals surface area contributed by atoms with Crippen molar-refractivity contribution in [2.45, 2.75) is 20.4 Å². The SMILES string of the molecule is CC(C)Cn1c(=S)[nH]c2c1c(=O)n(C)c(=O)n2C. The first-order valence-corrected chi connectivity index (χ1v) is 6.14. The molecule has 0 aliphatic heterocycles. The van der Waals surface area contributed by atoms with Gasteiger partial charge in [0.25, 0.3) is 5.56 Å². The third-order valence-corrected chi connectivity index (χ3v) is 3.25. The standard InChI is InChI=1S/C11H16N4O2S/c1-6(2)5-15-7-8(12-10(15)18)13(3)11(17)14(4)9(7)16/h6H,5H2,1-4H3,(H,12,18). The van der Waals surface area contributed by atoms with Gasteiger partial charge in [0.2, 0.25) is 0 Å². The van der Waals surface area contributed by atoms with Gasteiger partial charge < -0.3 is 9.55 Å². The van der Waals surface area contributed by atoms with Crippen molar-refractivity contribution in [2.75, 3.05) is 0 Å². The second-order valence-electron chi connectivity index (χ2n) is 4.84. The largest absolute Gasteiger partial charge is 0.332 e. The van der Waals surface area contributed by atoms with Gasteiger partial charge in [0, 0.05) is 20.6 Å². The summed E-state index contributed by atoms with van der Waals surface area (Å²) in [5.41, 5.74) is 0.258. The van der Waals surface area contributed by atoms with E-state index in [1.807, 2.05) is 13.8 Å². The summed E-state index contributed by atoms with van der Waals surface area (Å²) in [7, 11) is 3.09. The molecule has 0 aliphatic rings.